The molecule has 0 bridgehead atoms. The molecule has 0 heterocycles. The first kappa shape index (κ1) is 20.9. The first-order valence-electron chi connectivity index (χ1n) is 6.65. The number of amides is 1. The van der Waals surface area contributed by atoms with E-state index in [1.807, 2.05) is 0 Å². The zero-order valence-corrected chi connectivity index (χ0v) is 15.8. The topological polar surface area (TPSA) is 74.8 Å². The molecule has 1 rings (SSSR count). The van der Waals surface area contributed by atoms with Gasteiger partial charge in [0.25, 0.3) is 5.91 Å². The Balaban J connectivity index is 0.00000441. The molecular formula is C14H22ClIN4O2. The minimum Gasteiger partial charge on any atom is -0.383 e. The minimum atomic E-state index is -0.190. The molecule has 0 aliphatic rings. The van der Waals surface area contributed by atoms with Crippen LogP contribution in [0, 0.1) is 0 Å². The summed E-state index contributed by atoms with van der Waals surface area (Å²) in [7, 11) is 3.33. The molecule has 0 fully saturated rings. The van der Waals surface area contributed by atoms with Crippen LogP contribution in [0.5, 0.6) is 0 Å². The van der Waals surface area contributed by atoms with Gasteiger partial charge in [-0.15, -0.1) is 24.0 Å². The number of halogens is 2. The van der Waals surface area contributed by atoms with Crippen LogP contribution in [0.2, 0.25) is 5.02 Å². The van der Waals surface area contributed by atoms with Crippen LogP contribution < -0.4 is 16.0 Å². The molecule has 1 aromatic carbocycles. The van der Waals surface area contributed by atoms with E-state index in [1.165, 1.54) is 0 Å². The standard InChI is InChI=1S/C14H21ClN4O2.HI/c1-16-14(19-9-10-21-2)18-8-7-17-13(20)11-5-3-4-6-12(11)15;/h3-6H,7-10H2,1-2H3,(H,17,20)(H2,16,18,19);1H. The van der Waals surface area contributed by atoms with Crippen molar-refractivity contribution in [3.63, 3.8) is 0 Å². The number of rotatable bonds is 7. The average Bonchev–Trinajstić information content (AvgIpc) is 2.50. The number of aliphatic imine (C=N–C) groups is 1. The molecule has 0 aliphatic heterocycles. The number of nitrogens with one attached hydrogen (secondary N) is 3. The smallest absolute Gasteiger partial charge is 0.252 e. The Hall–Kier alpha value is -1.06. The van der Waals surface area contributed by atoms with Crippen molar-refractivity contribution in [2.45, 2.75) is 0 Å². The van der Waals surface area contributed by atoms with Gasteiger partial charge in [0.15, 0.2) is 5.96 Å². The van der Waals surface area contributed by atoms with Gasteiger partial charge in [0.05, 0.1) is 17.2 Å². The van der Waals surface area contributed by atoms with E-state index in [0.29, 0.717) is 42.8 Å². The van der Waals surface area contributed by atoms with Gasteiger partial charge in [-0.1, -0.05) is 23.7 Å². The summed E-state index contributed by atoms with van der Waals surface area (Å²) in [6, 6.07) is 6.95. The lowest BCUT2D eigenvalue weighted by atomic mass is 10.2. The zero-order valence-electron chi connectivity index (χ0n) is 12.7. The highest BCUT2D eigenvalue weighted by Gasteiger charge is 2.08. The maximum Gasteiger partial charge on any atom is 0.252 e. The van der Waals surface area contributed by atoms with E-state index >= 15 is 0 Å². The molecule has 8 heteroatoms. The number of benzene rings is 1. The first-order chi connectivity index (χ1) is 10.2. The molecule has 0 aliphatic carbocycles. The Labute approximate surface area is 153 Å². The molecule has 6 nitrogen and oxygen atoms in total. The second-order valence-corrected chi connectivity index (χ2v) is 4.56. The van der Waals surface area contributed by atoms with Crippen molar-refractivity contribution >= 4 is 47.4 Å². The quantitative estimate of drug-likeness (QED) is 0.260. The molecule has 1 amide bonds. The molecule has 0 spiro atoms. The van der Waals surface area contributed by atoms with Crippen molar-refractivity contribution in [3.05, 3.63) is 34.9 Å². The molecule has 22 heavy (non-hydrogen) atoms. The van der Waals surface area contributed by atoms with Gasteiger partial charge in [-0.2, -0.15) is 0 Å². The molecule has 0 atom stereocenters. The lowest BCUT2D eigenvalue weighted by Crippen LogP contribution is -2.42. The minimum absolute atomic E-state index is 0. The molecule has 0 unspecified atom stereocenters. The fraction of sp³-hybridized carbons (Fsp3) is 0.429. The van der Waals surface area contributed by atoms with Gasteiger partial charge in [0, 0.05) is 33.8 Å². The third kappa shape index (κ3) is 7.81. The summed E-state index contributed by atoms with van der Waals surface area (Å²) in [6.07, 6.45) is 0. The number of guanidine groups is 1. The summed E-state index contributed by atoms with van der Waals surface area (Å²) >= 11 is 5.96. The van der Waals surface area contributed by atoms with E-state index in [2.05, 4.69) is 20.9 Å². The largest absolute Gasteiger partial charge is 0.383 e. The van der Waals surface area contributed by atoms with E-state index in [1.54, 1.807) is 38.4 Å². The summed E-state index contributed by atoms with van der Waals surface area (Å²) in [6.45, 7) is 2.30. The second-order valence-electron chi connectivity index (χ2n) is 4.15. The predicted octanol–water partition coefficient (Wildman–Crippen LogP) is 1.50. The highest BCUT2D eigenvalue weighted by molar-refractivity contribution is 14.0. The zero-order chi connectivity index (χ0) is 15.5. The predicted molar refractivity (Wildman–Crippen MR) is 100 cm³/mol. The number of hydrogen-bond acceptors (Lipinski definition) is 3. The third-order valence-electron chi connectivity index (χ3n) is 2.64. The fourth-order valence-electron chi connectivity index (χ4n) is 1.59. The number of methoxy groups -OCH3 is 1. The highest BCUT2D eigenvalue weighted by Crippen LogP contribution is 2.14. The van der Waals surface area contributed by atoms with Crippen LogP contribution in [-0.2, 0) is 4.74 Å². The molecule has 1 aromatic rings. The van der Waals surface area contributed by atoms with Crippen molar-refractivity contribution < 1.29 is 9.53 Å². The van der Waals surface area contributed by atoms with Crippen LogP contribution in [0.25, 0.3) is 0 Å². The van der Waals surface area contributed by atoms with Gasteiger partial charge in [-0.3, -0.25) is 9.79 Å². The van der Waals surface area contributed by atoms with Crippen LogP contribution in [0.3, 0.4) is 0 Å². The van der Waals surface area contributed by atoms with Gasteiger partial charge < -0.3 is 20.7 Å². The molecule has 0 saturated heterocycles. The number of hydrogen-bond donors (Lipinski definition) is 3. The van der Waals surface area contributed by atoms with Crippen LogP contribution in [0.15, 0.2) is 29.3 Å². The molecule has 0 radical (unpaired) electrons. The van der Waals surface area contributed by atoms with Crippen LogP contribution in [0.1, 0.15) is 10.4 Å². The first-order valence-corrected chi connectivity index (χ1v) is 7.03. The van der Waals surface area contributed by atoms with Crippen LogP contribution in [0.4, 0.5) is 0 Å². The normalized spacial score (nSPS) is 10.6. The van der Waals surface area contributed by atoms with Crippen molar-refractivity contribution in [2.24, 2.45) is 4.99 Å². The summed E-state index contributed by atoms with van der Waals surface area (Å²) in [5.41, 5.74) is 0.474. The Morgan fingerprint density at radius 2 is 1.82 bits per heavy atom. The van der Waals surface area contributed by atoms with Crippen LogP contribution >= 0.6 is 35.6 Å². The molecule has 124 valence electrons. The van der Waals surface area contributed by atoms with Gasteiger partial charge in [-0.05, 0) is 12.1 Å². The van der Waals surface area contributed by atoms with E-state index in [-0.39, 0.29) is 29.9 Å². The van der Waals surface area contributed by atoms with E-state index in [0.717, 1.165) is 0 Å². The molecule has 3 N–H and O–H groups in total. The van der Waals surface area contributed by atoms with Crippen molar-refractivity contribution in [1.82, 2.24) is 16.0 Å². The van der Waals surface area contributed by atoms with Gasteiger partial charge in [0.1, 0.15) is 0 Å². The Kier molecular flexibility index (Phi) is 11.9. The number of carbonyl (C=O) groups is 1. The Morgan fingerprint density at radius 1 is 1.18 bits per heavy atom. The molecule has 0 saturated carbocycles. The summed E-state index contributed by atoms with van der Waals surface area (Å²) in [5, 5.41) is 9.40. The van der Waals surface area contributed by atoms with Crippen molar-refractivity contribution in [1.29, 1.82) is 0 Å². The fourth-order valence-corrected chi connectivity index (χ4v) is 1.81. The van der Waals surface area contributed by atoms with E-state index < -0.39 is 0 Å². The lowest BCUT2D eigenvalue weighted by Gasteiger charge is -2.12. The number of carbonyl (C=O) groups excluding carboxylic acids is 1. The summed E-state index contributed by atoms with van der Waals surface area (Å²) < 4.78 is 4.94. The van der Waals surface area contributed by atoms with Crippen molar-refractivity contribution in [3.8, 4) is 0 Å². The lowest BCUT2D eigenvalue weighted by molar-refractivity contribution is 0.0954. The molecule has 0 aromatic heterocycles. The highest BCUT2D eigenvalue weighted by atomic mass is 127. The number of nitrogens with zero attached hydrogens (tertiary/aromatic N) is 1. The number of ether oxygens (including phenoxy) is 1. The van der Waals surface area contributed by atoms with E-state index in [4.69, 9.17) is 16.3 Å². The average molecular weight is 441 g/mol. The third-order valence-corrected chi connectivity index (χ3v) is 2.97. The Bertz CT molecular complexity index is 486. The van der Waals surface area contributed by atoms with Gasteiger partial charge >= 0.3 is 0 Å². The SMILES string of the molecule is CN=C(NCCNC(=O)c1ccccc1Cl)NCCOC.I. The van der Waals surface area contributed by atoms with Gasteiger partial charge in [0.2, 0.25) is 0 Å². The maximum atomic E-state index is 11.9. The Morgan fingerprint density at radius 3 is 2.45 bits per heavy atom. The maximum absolute atomic E-state index is 11.9. The summed E-state index contributed by atoms with van der Waals surface area (Å²) in [4.78, 5) is 16.0. The second kappa shape index (κ2) is 12.5. The van der Waals surface area contributed by atoms with Crippen molar-refractivity contribution in [2.75, 3.05) is 40.4 Å². The molecular weight excluding hydrogens is 419 g/mol. The van der Waals surface area contributed by atoms with E-state index in [9.17, 15) is 4.79 Å². The van der Waals surface area contributed by atoms with Gasteiger partial charge in [-0.25, -0.2) is 0 Å². The monoisotopic (exact) mass is 440 g/mol. The summed E-state index contributed by atoms with van der Waals surface area (Å²) in [5.74, 6) is 0.476. The van der Waals surface area contributed by atoms with Crippen LogP contribution in [-0.4, -0.2) is 52.3 Å².